The third-order valence-corrected chi connectivity index (χ3v) is 6.85. The first kappa shape index (κ1) is 24.1. The van der Waals surface area contributed by atoms with E-state index >= 15 is 0 Å². The van der Waals surface area contributed by atoms with Crippen LogP contribution in [0.2, 0.25) is 0 Å². The molecule has 4 rings (SSSR count). The van der Waals surface area contributed by atoms with Crippen LogP contribution >= 0.6 is 11.3 Å². The van der Waals surface area contributed by atoms with E-state index in [0.717, 1.165) is 24.2 Å². The van der Waals surface area contributed by atoms with Gasteiger partial charge in [-0.25, -0.2) is 0 Å². The molecule has 2 heterocycles. The second kappa shape index (κ2) is 10.5. The number of amides is 1. The average Bonchev–Trinajstić information content (AvgIpc) is 3.53. The minimum Gasteiger partial charge on any atom is -0.493 e. The van der Waals surface area contributed by atoms with E-state index in [-0.39, 0.29) is 17.0 Å². The Kier molecular flexibility index (Phi) is 7.22. The van der Waals surface area contributed by atoms with Crippen LogP contribution in [0.1, 0.15) is 18.4 Å². The maximum atomic E-state index is 13.6. The molecular formula is C26H25N3O5S. The maximum absolute atomic E-state index is 13.6. The molecule has 0 N–H and O–H groups in total. The van der Waals surface area contributed by atoms with E-state index in [9.17, 15) is 14.9 Å². The van der Waals surface area contributed by atoms with Crippen LogP contribution in [0.3, 0.4) is 0 Å². The summed E-state index contributed by atoms with van der Waals surface area (Å²) in [6.07, 6.45) is 3.50. The van der Waals surface area contributed by atoms with Crippen molar-refractivity contribution in [3.05, 3.63) is 67.6 Å². The molecule has 180 valence electrons. The lowest BCUT2D eigenvalue weighted by atomic mass is 10.1. The van der Waals surface area contributed by atoms with E-state index in [1.165, 1.54) is 25.9 Å². The SMILES string of the molecule is COc1cc(/C=c2\s/c(=C(/C#N)C(=O)N3CCCC3)n(-c3ccccc3)c2=O)cc(OC)c1OC. The van der Waals surface area contributed by atoms with E-state index in [4.69, 9.17) is 14.2 Å². The highest BCUT2D eigenvalue weighted by Crippen LogP contribution is 2.38. The van der Waals surface area contributed by atoms with Gasteiger partial charge in [-0.05, 0) is 48.7 Å². The molecule has 1 aliphatic heterocycles. The molecular weight excluding hydrogens is 466 g/mol. The van der Waals surface area contributed by atoms with Crippen molar-refractivity contribution in [3.63, 3.8) is 0 Å². The van der Waals surface area contributed by atoms with Crippen molar-refractivity contribution in [1.29, 1.82) is 5.26 Å². The lowest BCUT2D eigenvalue weighted by Crippen LogP contribution is -2.35. The normalized spacial score (nSPS) is 14.5. The van der Waals surface area contributed by atoms with Crippen molar-refractivity contribution >= 4 is 28.9 Å². The smallest absolute Gasteiger partial charge is 0.273 e. The molecule has 0 spiro atoms. The number of likely N-dealkylation sites (tertiary alicyclic amines) is 1. The molecule has 1 aromatic heterocycles. The summed E-state index contributed by atoms with van der Waals surface area (Å²) in [7, 11) is 4.56. The van der Waals surface area contributed by atoms with Gasteiger partial charge < -0.3 is 19.1 Å². The number of aromatic nitrogens is 1. The molecule has 1 aliphatic rings. The summed E-state index contributed by atoms with van der Waals surface area (Å²) in [5.74, 6) is 0.991. The van der Waals surface area contributed by atoms with E-state index < -0.39 is 0 Å². The molecule has 9 heteroatoms. The van der Waals surface area contributed by atoms with E-state index in [1.54, 1.807) is 47.4 Å². The van der Waals surface area contributed by atoms with Crippen molar-refractivity contribution < 1.29 is 19.0 Å². The number of benzene rings is 2. The summed E-state index contributed by atoms with van der Waals surface area (Å²) < 4.78 is 18.3. The molecule has 2 aromatic carbocycles. The summed E-state index contributed by atoms with van der Waals surface area (Å²) in [5, 5.41) is 9.97. The fourth-order valence-corrected chi connectivity index (χ4v) is 5.16. The lowest BCUT2D eigenvalue weighted by Gasteiger charge is -2.14. The highest BCUT2D eigenvalue weighted by Gasteiger charge is 2.24. The predicted octanol–water partition coefficient (Wildman–Crippen LogP) is 2.05. The fourth-order valence-electron chi connectivity index (χ4n) is 4.06. The Morgan fingerprint density at radius 2 is 1.66 bits per heavy atom. The molecule has 35 heavy (non-hydrogen) atoms. The standard InChI is InChI=1S/C26H25N3O5S/c1-32-20-13-17(14-21(33-2)23(20)34-3)15-22-25(31)29(18-9-5-4-6-10-18)26(35-22)19(16-27)24(30)28-11-7-8-12-28/h4-6,9-10,13-15H,7-8,11-12H2,1-3H3/b22-15-,26-19-. The first-order valence-electron chi connectivity index (χ1n) is 11.0. The molecule has 0 atom stereocenters. The molecule has 1 saturated heterocycles. The van der Waals surface area contributed by atoms with Gasteiger partial charge in [0, 0.05) is 13.1 Å². The summed E-state index contributed by atoms with van der Waals surface area (Å²) in [6, 6.07) is 14.5. The Labute approximate surface area is 206 Å². The molecule has 0 unspecified atom stereocenters. The van der Waals surface area contributed by atoms with Crippen LogP contribution in [0.4, 0.5) is 0 Å². The summed E-state index contributed by atoms with van der Waals surface area (Å²) >= 11 is 1.11. The topological polar surface area (TPSA) is 93.8 Å². The number of rotatable bonds is 6. The molecule has 1 fully saturated rings. The molecule has 0 bridgehead atoms. The van der Waals surface area contributed by atoms with Gasteiger partial charge in [-0.2, -0.15) is 5.26 Å². The van der Waals surface area contributed by atoms with Crippen molar-refractivity contribution in [2.75, 3.05) is 34.4 Å². The fraction of sp³-hybridized carbons (Fsp3) is 0.269. The predicted molar refractivity (Wildman–Crippen MR) is 134 cm³/mol. The van der Waals surface area contributed by atoms with Gasteiger partial charge in [0.1, 0.15) is 10.7 Å². The second-order valence-corrected chi connectivity index (χ2v) is 8.87. The molecule has 0 saturated carbocycles. The van der Waals surface area contributed by atoms with E-state index in [1.807, 2.05) is 6.07 Å². The van der Waals surface area contributed by atoms with Gasteiger partial charge in [0.2, 0.25) is 5.75 Å². The van der Waals surface area contributed by atoms with Crippen LogP contribution in [0.25, 0.3) is 17.3 Å². The first-order valence-corrected chi connectivity index (χ1v) is 11.9. The number of para-hydroxylation sites is 1. The largest absolute Gasteiger partial charge is 0.493 e. The molecule has 8 nitrogen and oxygen atoms in total. The number of carbonyl (C=O) groups excluding carboxylic acids is 1. The highest BCUT2D eigenvalue weighted by molar-refractivity contribution is 7.07. The Morgan fingerprint density at radius 3 is 2.20 bits per heavy atom. The zero-order valence-corrected chi connectivity index (χ0v) is 20.6. The Bertz CT molecular complexity index is 1440. The maximum Gasteiger partial charge on any atom is 0.273 e. The van der Waals surface area contributed by atoms with Crippen LogP contribution in [-0.4, -0.2) is 49.8 Å². The highest BCUT2D eigenvalue weighted by atomic mass is 32.1. The molecule has 0 radical (unpaired) electrons. The Balaban J connectivity index is 2.00. The van der Waals surface area contributed by atoms with Gasteiger partial charge in [-0.1, -0.05) is 18.2 Å². The van der Waals surface area contributed by atoms with Gasteiger partial charge >= 0.3 is 0 Å². The minimum absolute atomic E-state index is 0.0394. The second-order valence-electron chi connectivity index (χ2n) is 7.84. The number of nitrogens with zero attached hydrogens (tertiary/aromatic N) is 3. The summed E-state index contributed by atoms with van der Waals surface area (Å²) in [4.78, 5) is 28.4. The Morgan fingerprint density at radius 1 is 1.03 bits per heavy atom. The number of hydrogen-bond acceptors (Lipinski definition) is 7. The number of nitriles is 1. The van der Waals surface area contributed by atoms with Crippen LogP contribution in [0, 0.1) is 11.3 Å². The third-order valence-electron chi connectivity index (χ3n) is 5.76. The van der Waals surface area contributed by atoms with E-state index in [0.29, 0.717) is 50.8 Å². The van der Waals surface area contributed by atoms with Crippen LogP contribution in [0.15, 0.2) is 47.3 Å². The first-order chi connectivity index (χ1) is 17.0. The van der Waals surface area contributed by atoms with Gasteiger partial charge in [0.15, 0.2) is 17.1 Å². The van der Waals surface area contributed by atoms with Crippen LogP contribution in [0.5, 0.6) is 17.2 Å². The average molecular weight is 492 g/mol. The quantitative estimate of drug-likeness (QED) is 0.524. The number of methoxy groups -OCH3 is 3. The number of hydrogen-bond donors (Lipinski definition) is 0. The van der Waals surface area contributed by atoms with E-state index in [2.05, 4.69) is 6.07 Å². The molecule has 1 amide bonds. The third kappa shape index (κ3) is 4.66. The van der Waals surface area contributed by atoms with Crippen molar-refractivity contribution in [2.45, 2.75) is 12.8 Å². The zero-order chi connectivity index (χ0) is 24.9. The molecule has 0 aliphatic carbocycles. The van der Waals surface area contributed by atoms with Crippen molar-refractivity contribution in [3.8, 4) is 29.0 Å². The van der Waals surface area contributed by atoms with Gasteiger partial charge in [-0.3, -0.25) is 14.2 Å². The summed E-state index contributed by atoms with van der Waals surface area (Å²) in [6.45, 7) is 1.21. The summed E-state index contributed by atoms with van der Waals surface area (Å²) in [5.41, 5.74) is 0.860. The van der Waals surface area contributed by atoms with Crippen molar-refractivity contribution in [1.82, 2.24) is 9.47 Å². The number of ether oxygens (including phenoxy) is 3. The molecule has 3 aromatic rings. The van der Waals surface area contributed by atoms with Crippen molar-refractivity contribution in [2.24, 2.45) is 0 Å². The van der Waals surface area contributed by atoms with Crippen LogP contribution < -0.4 is 29.0 Å². The van der Waals surface area contributed by atoms with Crippen LogP contribution in [-0.2, 0) is 4.79 Å². The zero-order valence-electron chi connectivity index (χ0n) is 19.7. The monoisotopic (exact) mass is 491 g/mol. The lowest BCUT2D eigenvalue weighted by molar-refractivity contribution is -0.123. The number of thiazole rings is 1. The minimum atomic E-state index is -0.352. The van der Waals surface area contributed by atoms with Gasteiger partial charge in [-0.15, -0.1) is 11.3 Å². The van der Waals surface area contributed by atoms with Gasteiger partial charge in [0.05, 0.1) is 31.5 Å². The number of carbonyl (C=O) groups is 1. The van der Waals surface area contributed by atoms with Gasteiger partial charge in [0.25, 0.3) is 11.5 Å². The Hall–Kier alpha value is -4.03.